The molecule has 0 bridgehead atoms. The van der Waals surface area contributed by atoms with Gasteiger partial charge in [-0.3, -0.25) is 9.59 Å². The Morgan fingerprint density at radius 3 is 2.48 bits per heavy atom. The van der Waals surface area contributed by atoms with Crippen LogP contribution in [0.3, 0.4) is 0 Å². The molecule has 0 N–H and O–H groups in total. The van der Waals surface area contributed by atoms with Crippen LogP contribution in [0, 0.1) is 19.8 Å². The molecule has 1 aliphatic rings. The molecule has 1 fully saturated rings. The van der Waals surface area contributed by atoms with Gasteiger partial charge in [-0.25, -0.2) is 4.98 Å². The first kappa shape index (κ1) is 19.9. The number of aryl methyl sites for hydroxylation is 3. The highest BCUT2D eigenvalue weighted by Crippen LogP contribution is 2.39. The first-order chi connectivity index (χ1) is 12.6. The molecule has 0 spiro atoms. The van der Waals surface area contributed by atoms with Crippen LogP contribution >= 0.6 is 11.3 Å². The van der Waals surface area contributed by atoms with E-state index in [1.165, 1.54) is 10.4 Å². The number of aromatic nitrogens is 1. The van der Waals surface area contributed by atoms with Gasteiger partial charge in [0.2, 0.25) is 0 Å². The van der Waals surface area contributed by atoms with Crippen LogP contribution in [0.2, 0.25) is 0 Å². The Bertz CT molecular complexity index is 888. The van der Waals surface area contributed by atoms with Gasteiger partial charge in [0.25, 0.3) is 0 Å². The molecule has 4 heteroatoms. The molecule has 1 aromatic heterocycles. The molecular weight excluding hydrogens is 354 g/mol. The molecule has 3 rings (SSSR count). The smallest absolute Gasteiger partial charge is 0.151 e. The quantitative estimate of drug-likeness (QED) is 0.690. The zero-order chi connectivity index (χ0) is 19.9. The van der Waals surface area contributed by atoms with Gasteiger partial charge in [-0.15, -0.1) is 11.3 Å². The SMILES string of the molecule is CCc1cc(C)cc(C)c1C1C(=O)CC(Cc2ncc(C(C)(C)C)s2)C1=O. The van der Waals surface area contributed by atoms with Crippen LogP contribution in [0.25, 0.3) is 0 Å². The minimum atomic E-state index is -0.590. The number of carbonyl (C=O) groups is 2. The normalized spacial score (nSPS) is 20.5. The van der Waals surface area contributed by atoms with Gasteiger partial charge < -0.3 is 0 Å². The van der Waals surface area contributed by atoms with Crippen LogP contribution in [0.15, 0.2) is 18.3 Å². The van der Waals surface area contributed by atoms with E-state index in [1.807, 2.05) is 13.1 Å². The molecule has 1 aliphatic carbocycles. The summed E-state index contributed by atoms with van der Waals surface area (Å²) >= 11 is 1.67. The first-order valence-electron chi connectivity index (χ1n) is 9.73. The van der Waals surface area contributed by atoms with E-state index in [-0.39, 0.29) is 22.9 Å². The number of benzene rings is 1. The molecule has 1 heterocycles. The molecule has 2 atom stereocenters. The molecule has 2 aromatic rings. The van der Waals surface area contributed by atoms with E-state index >= 15 is 0 Å². The highest BCUT2D eigenvalue weighted by atomic mass is 32.1. The fourth-order valence-electron chi connectivity index (χ4n) is 4.07. The molecular formula is C23H29NO2S. The summed E-state index contributed by atoms with van der Waals surface area (Å²) in [6, 6.07) is 4.20. The third-order valence-corrected chi connectivity index (χ3v) is 6.90. The Morgan fingerprint density at radius 2 is 1.89 bits per heavy atom. The molecule has 0 saturated heterocycles. The molecule has 144 valence electrons. The predicted molar refractivity (Wildman–Crippen MR) is 111 cm³/mol. The molecule has 27 heavy (non-hydrogen) atoms. The molecule has 0 amide bonds. The van der Waals surface area contributed by atoms with Crippen molar-refractivity contribution in [1.29, 1.82) is 0 Å². The topological polar surface area (TPSA) is 47.0 Å². The standard InChI is InChI=1S/C23H29NO2S/c1-7-15-9-13(2)8-14(3)20(15)21-17(25)10-16(22(21)26)11-19-24-12-18(27-19)23(4,5)6/h8-9,12,16,21H,7,10-11H2,1-6H3. The lowest BCUT2D eigenvalue weighted by atomic mass is 9.85. The summed E-state index contributed by atoms with van der Waals surface area (Å²) in [7, 11) is 0. The molecule has 0 radical (unpaired) electrons. The lowest BCUT2D eigenvalue weighted by Crippen LogP contribution is -2.19. The van der Waals surface area contributed by atoms with Crippen molar-refractivity contribution in [2.75, 3.05) is 0 Å². The van der Waals surface area contributed by atoms with E-state index in [0.717, 1.165) is 28.1 Å². The number of thiazole rings is 1. The Hall–Kier alpha value is -1.81. The lowest BCUT2D eigenvalue weighted by Gasteiger charge is -2.17. The van der Waals surface area contributed by atoms with Gasteiger partial charge in [-0.2, -0.15) is 0 Å². The molecule has 1 aromatic carbocycles. The van der Waals surface area contributed by atoms with E-state index in [4.69, 9.17) is 0 Å². The number of rotatable bonds is 4. The number of ketones is 2. The minimum Gasteiger partial charge on any atom is -0.298 e. The average Bonchev–Trinajstić information content (AvgIpc) is 3.13. The van der Waals surface area contributed by atoms with Crippen molar-refractivity contribution in [3.63, 3.8) is 0 Å². The minimum absolute atomic E-state index is 0.0585. The second-order valence-electron chi connectivity index (χ2n) is 8.78. The summed E-state index contributed by atoms with van der Waals surface area (Å²) < 4.78 is 0. The van der Waals surface area contributed by atoms with Crippen LogP contribution in [0.1, 0.15) is 72.2 Å². The summed E-state index contributed by atoms with van der Waals surface area (Å²) in [6.45, 7) is 12.7. The maximum atomic E-state index is 13.2. The number of hydrogen-bond donors (Lipinski definition) is 0. The van der Waals surface area contributed by atoms with Crippen molar-refractivity contribution < 1.29 is 9.59 Å². The van der Waals surface area contributed by atoms with Crippen molar-refractivity contribution in [1.82, 2.24) is 4.98 Å². The lowest BCUT2D eigenvalue weighted by molar-refractivity contribution is -0.124. The molecule has 0 aliphatic heterocycles. The van der Waals surface area contributed by atoms with E-state index in [9.17, 15) is 9.59 Å². The van der Waals surface area contributed by atoms with Crippen molar-refractivity contribution in [3.8, 4) is 0 Å². The number of carbonyl (C=O) groups excluding carboxylic acids is 2. The number of Topliss-reactive ketones (excluding diaryl/α,β-unsaturated/α-hetero) is 2. The third kappa shape index (κ3) is 3.91. The van der Waals surface area contributed by atoms with Gasteiger partial charge in [0.15, 0.2) is 5.78 Å². The van der Waals surface area contributed by atoms with Crippen molar-refractivity contribution in [2.24, 2.45) is 5.92 Å². The van der Waals surface area contributed by atoms with Crippen molar-refractivity contribution in [2.45, 2.75) is 72.1 Å². The second-order valence-corrected chi connectivity index (χ2v) is 9.90. The Labute approximate surface area is 166 Å². The van der Waals surface area contributed by atoms with Gasteiger partial charge >= 0.3 is 0 Å². The van der Waals surface area contributed by atoms with Gasteiger partial charge in [-0.1, -0.05) is 45.4 Å². The molecule has 3 nitrogen and oxygen atoms in total. The second kappa shape index (κ2) is 7.31. The summed E-state index contributed by atoms with van der Waals surface area (Å²) in [5, 5.41) is 0.961. The Balaban J connectivity index is 1.87. The van der Waals surface area contributed by atoms with Gasteiger partial charge in [0, 0.05) is 29.8 Å². The zero-order valence-electron chi connectivity index (χ0n) is 17.2. The van der Waals surface area contributed by atoms with Gasteiger partial charge in [0.05, 0.1) is 5.01 Å². The fraction of sp³-hybridized carbons (Fsp3) is 0.522. The van der Waals surface area contributed by atoms with Gasteiger partial charge in [0.1, 0.15) is 11.7 Å². The third-order valence-electron chi connectivity index (χ3n) is 5.46. The number of hydrogen-bond acceptors (Lipinski definition) is 4. The van der Waals surface area contributed by atoms with Crippen LogP contribution < -0.4 is 0 Å². The van der Waals surface area contributed by atoms with Crippen molar-refractivity contribution in [3.05, 3.63) is 50.5 Å². The van der Waals surface area contributed by atoms with E-state index < -0.39 is 5.92 Å². The van der Waals surface area contributed by atoms with Crippen molar-refractivity contribution >= 4 is 22.9 Å². The Morgan fingerprint density at radius 1 is 1.19 bits per heavy atom. The highest BCUT2D eigenvalue weighted by Gasteiger charge is 2.43. The summed E-state index contributed by atoms with van der Waals surface area (Å²) in [5.41, 5.74) is 4.38. The van der Waals surface area contributed by atoms with Crippen LogP contribution in [0.5, 0.6) is 0 Å². The average molecular weight is 384 g/mol. The maximum absolute atomic E-state index is 13.2. The Kier molecular flexibility index (Phi) is 5.40. The zero-order valence-corrected chi connectivity index (χ0v) is 18.0. The summed E-state index contributed by atoms with van der Waals surface area (Å²) in [6.07, 6.45) is 3.66. The highest BCUT2D eigenvalue weighted by molar-refractivity contribution is 7.11. The number of nitrogens with zero attached hydrogens (tertiary/aromatic N) is 1. The monoisotopic (exact) mass is 383 g/mol. The molecule has 2 unspecified atom stereocenters. The van der Waals surface area contributed by atoms with Gasteiger partial charge in [-0.05, 0) is 42.4 Å². The predicted octanol–water partition coefficient (Wildman–Crippen LogP) is 5.10. The van der Waals surface area contributed by atoms with Crippen LogP contribution in [0.4, 0.5) is 0 Å². The largest absolute Gasteiger partial charge is 0.298 e. The summed E-state index contributed by atoms with van der Waals surface area (Å²) in [5.74, 6) is -0.687. The molecule has 1 saturated carbocycles. The van der Waals surface area contributed by atoms with E-state index in [1.54, 1.807) is 11.3 Å². The van der Waals surface area contributed by atoms with E-state index in [2.05, 4.69) is 51.7 Å². The summed E-state index contributed by atoms with van der Waals surface area (Å²) in [4.78, 5) is 31.7. The van der Waals surface area contributed by atoms with Crippen LogP contribution in [-0.2, 0) is 27.8 Å². The first-order valence-corrected chi connectivity index (χ1v) is 10.5. The van der Waals surface area contributed by atoms with E-state index in [0.29, 0.717) is 12.8 Å². The van der Waals surface area contributed by atoms with Crippen LogP contribution in [-0.4, -0.2) is 16.6 Å². The maximum Gasteiger partial charge on any atom is 0.151 e. The fourth-order valence-corrected chi connectivity index (χ4v) is 5.12.